The number of nitrogens with two attached hydrogens (primary N) is 1. The third kappa shape index (κ3) is 4.30. The summed E-state index contributed by atoms with van der Waals surface area (Å²) in [6.07, 6.45) is 1.74. The quantitative estimate of drug-likeness (QED) is 0.380. The molecule has 0 saturated carbocycles. The number of carbonyl (C=O) groups is 1. The number of carbonyl (C=O) groups excluding carboxylic acids is 1. The predicted molar refractivity (Wildman–Crippen MR) is 62.6 cm³/mol. The molecule has 0 aromatic rings. The smallest absolute Gasteiger partial charge is 0.263 e. The number of nitrogens with one attached hydrogen (secondary N) is 1. The van der Waals surface area contributed by atoms with Crippen molar-refractivity contribution in [2.45, 2.75) is 38.4 Å². The van der Waals surface area contributed by atoms with Crippen molar-refractivity contribution in [3.8, 4) is 6.07 Å². The van der Waals surface area contributed by atoms with Crippen LogP contribution >= 0.6 is 0 Å². The number of hydrogen-bond acceptors (Lipinski definition) is 5. The van der Waals surface area contributed by atoms with E-state index < -0.39 is 6.10 Å². The van der Waals surface area contributed by atoms with Crippen molar-refractivity contribution in [2.75, 3.05) is 19.6 Å². The van der Waals surface area contributed by atoms with Gasteiger partial charge in [0.25, 0.3) is 5.91 Å². The van der Waals surface area contributed by atoms with Gasteiger partial charge in [0.1, 0.15) is 6.10 Å². The Hall–Kier alpha value is -1.16. The van der Waals surface area contributed by atoms with Gasteiger partial charge in [-0.25, -0.2) is 5.84 Å². The Bertz CT molecular complexity index is 290. The zero-order chi connectivity index (χ0) is 12.7. The summed E-state index contributed by atoms with van der Waals surface area (Å²) >= 11 is 0. The summed E-state index contributed by atoms with van der Waals surface area (Å²) < 4.78 is 5.61. The Morgan fingerprint density at radius 3 is 3.00 bits per heavy atom. The van der Waals surface area contributed by atoms with Gasteiger partial charge in [-0.1, -0.05) is 6.92 Å². The van der Waals surface area contributed by atoms with Gasteiger partial charge in [-0.2, -0.15) is 5.26 Å². The van der Waals surface area contributed by atoms with Gasteiger partial charge in [0.15, 0.2) is 0 Å². The van der Waals surface area contributed by atoms with Crippen molar-refractivity contribution in [3.05, 3.63) is 0 Å². The Morgan fingerprint density at radius 2 is 2.41 bits per heavy atom. The molecule has 1 heterocycles. The van der Waals surface area contributed by atoms with Gasteiger partial charge in [-0.15, -0.1) is 0 Å². The molecule has 1 aliphatic rings. The van der Waals surface area contributed by atoms with Gasteiger partial charge < -0.3 is 9.64 Å². The lowest BCUT2D eigenvalue weighted by Crippen LogP contribution is -2.40. The second kappa shape index (κ2) is 7.22. The number of nitrogens with zero attached hydrogens (tertiary/aromatic N) is 2. The van der Waals surface area contributed by atoms with Crippen molar-refractivity contribution in [1.82, 2.24) is 10.3 Å². The minimum atomic E-state index is -0.417. The number of amides is 1. The summed E-state index contributed by atoms with van der Waals surface area (Å²) in [4.78, 5) is 13.4. The molecule has 0 aliphatic carbocycles. The number of hydrogen-bond donors (Lipinski definition) is 2. The van der Waals surface area contributed by atoms with E-state index in [-0.39, 0.29) is 12.0 Å². The molecule has 1 rings (SSSR count). The minimum Gasteiger partial charge on any atom is -0.364 e. The third-order valence-corrected chi connectivity index (χ3v) is 2.99. The lowest BCUT2D eigenvalue weighted by atomic mass is 10.2. The maximum Gasteiger partial charge on any atom is 0.263 e. The lowest BCUT2D eigenvalue weighted by Gasteiger charge is -2.22. The van der Waals surface area contributed by atoms with Crippen molar-refractivity contribution in [2.24, 2.45) is 5.84 Å². The molecular weight excluding hydrogens is 220 g/mol. The molecule has 6 nitrogen and oxygen atoms in total. The summed E-state index contributed by atoms with van der Waals surface area (Å²) in [7, 11) is 0. The molecule has 1 aliphatic heterocycles. The van der Waals surface area contributed by atoms with Gasteiger partial charge >= 0.3 is 0 Å². The molecule has 0 aromatic heterocycles. The zero-order valence-corrected chi connectivity index (χ0v) is 10.2. The summed E-state index contributed by atoms with van der Waals surface area (Å²) in [6, 6.07) is 2.13. The van der Waals surface area contributed by atoms with E-state index in [1.807, 2.05) is 0 Å². The van der Waals surface area contributed by atoms with Crippen LogP contribution in [0.2, 0.25) is 0 Å². The highest BCUT2D eigenvalue weighted by molar-refractivity contribution is 5.80. The average molecular weight is 240 g/mol. The molecule has 0 bridgehead atoms. The first kappa shape index (κ1) is 13.9. The molecule has 6 heteroatoms. The Morgan fingerprint density at radius 1 is 1.65 bits per heavy atom. The first-order valence-electron chi connectivity index (χ1n) is 5.96. The fourth-order valence-electron chi connectivity index (χ4n) is 2.00. The highest BCUT2D eigenvalue weighted by atomic mass is 16.5. The van der Waals surface area contributed by atoms with Crippen LogP contribution in [0.1, 0.15) is 26.2 Å². The molecule has 1 fully saturated rings. The second-order valence-corrected chi connectivity index (χ2v) is 4.13. The van der Waals surface area contributed by atoms with Crippen LogP contribution in [0.3, 0.4) is 0 Å². The van der Waals surface area contributed by atoms with Crippen molar-refractivity contribution >= 4 is 5.91 Å². The molecule has 0 spiro atoms. The summed E-state index contributed by atoms with van der Waals surface area (Å²) in [5.41, 5.74) is 2.11. The Labute approximate surface area is 102 Å². The van der Waals surface area contributed by atoms with E-state index in [0.29, 0.717) is 12.8 Å². The summed E-state index contributed by atoms with van der Waals surface area (Å²) in [5.74, 6) is 4.81. The number of rotatable bonds is 6. The van der Waals surface area contributed by atoms with Crippen LogP contribution in [0, 0.1) is 11.3 Å². The van der Waals surface area contributed by atoms with E-state index in [1.165, 1.54) is 0 Å². The largest absolute Gasteiger partial charge is 0.364 e. The van der Waals surface area contributed by atoms with Crippen LogP contribution < -0.4 is 11.3 Å². The normalized spacial score (nSPS) is 23.6. The van der Waals surface area contributed by atoms with E-state index in [1.54, 1.807) is 0 Å². The summed E-state index contributed by atoms with van der Waals surface area (Å²) in [6.45, 7) is 4.46. The van der Waals surface area contributed by atoms with Gasteiger partial charge in [-0.05, 0) is 19.4 Å². The number of nitriles is 1. The third-order valence-electron chi connectivity index (χ3n) is 2.99. The number of ether oxygens (including phenoxy) is 1. The molecule has 96 valence electrons. The van der Waals surface area contributed by atoms with Gasteiger partial charge in [0.05, 0.1) is 12.2 Å². The van der Waals surface area contributed by atoms with Crippen LogP contribution in [0.15, 0.2) is 0 Å². The lowest BCUT2D eigenvalue weighted by molar-refractivity contribution is -0.132. The highest BCUT2D eigenvalue weighted by Crippen LogP contribution is 2.20. The number of likely N-dealkylation sites (N-methyl/N-ethyl adjacent to an activating group) is 1. The molecule has 2 atom stereocenters. The van der Waals surface area contributed by atoms with Gasteiger partial charge in [-0.3, -0.25) is 10.2 Å². The van der Waals surface area contributed by atoms with E-state index in [9.17, 15) is 4.79 Å². The standard InChI is InChI=1S/C11H20N4O2/c1-2-15(7-3-6-12)8-9-4-5-10(17-9)11(16)14-13/h9-10H,2-5,7-8,13H2,1H3,(H,14,16). The van der Waals surface area contributed by atoms with Crippen molar-refractivity contribution < 1.29 is 9.53 Å². The van der Waals surface area contributed by atoms with Crippen LogP contribution in [0.25, 0.3) is 0 Å². The molecular formula is C11H20N4O2. The van der Waals surface area contributed by atoms with Crippen LogP contribution in [-0.2, 0) is 9.53 Å². The van der Waals surface area contributed by atoms with Crippen molar-refractivity contribution in [3.63, 3.8) is 0 Å². The molecule has 2 unspecified atom stereocenters. The van der Waals surface area contributed by atoms with E-state index in [0.717, 1.165) is 26.1 Å². The zero-order valence-electron chi connectivity index (χ0n) is 10.2. The topological polar surface area (TPSA) is 91.4 Å². The first-order chi connectivity index (χ1) is 8.21. The molecule has 0 radical (unpaired) electrons. The molecule has 3 N–H and O–H groups in total. The van der Waals surface area contributed by atoms with Crippen LogP contribution in [0.4, 0.5) is 0 Å². The van der Waals surface area contributed by atoms with E-state index in [2.05, 4.69) is 23.3 Å². The van der Waals surface area contributed by atoms with Crippen LogP contribution in [-0.4, -0.2) is 42.6 Å². The van der Waals surface area contributed by atoms with E-state index >= 15 is 0 Å². The highest BCUT2D eigenvalue weighted by Gasteiger charge is 2.30. The SMILES string of the molecule is CCN(CCC#N)CC1CCC(C(=O)NN)O1. The fraction of sp³-hybridized carbons (Fsp3) is 0.818. The maximum absolute atomic E-state index is 11.3. The van der Waals surface area contributed by atoms with Gasteiger partial charge in [0.2, 0.25) is 0 Å². The minimum absolute atomic E-state index is 0.0657. The molecule has 0 aromatic carbocycles. The monoisotopic (exact) mass is 240 g/mol. The Kier molecular flexibility index (Phi) is 5.91. The molecule has 1 amide bonds. The van der Waals surface area contributed by atoms with E-state index in [4.69, 9.17) is 15.8 Å². The molecule has 17 heavy (non-hydrogen) atoms. The fourth-order valence-corrected chi connectivity index (χ4v) is 2.00. The first-order valence-corrected chi connectivity index (χ1v) is 5.96. The van der Waals surface area contributed by atoms with Crippen LogP contribution in [0.5, 0.6) is 0 Å². The number of hydrazine groups is 1. The predicted octanol–water partition coefficient (Wildman–Crippen LogP) is -0.241. The van der Waals surface area contributed by atoms with Gasteiger partial charge in [0, 0.05) is 19.5 Å². The maximum atomic E-state index is 11.3. The average Bonchev–Trinajstić information content (AvgIpc) is 2.81. The molecule has 1 saturated heterocycles. The second-order valence-electron chi connectivity index (χ2n) is 4.13. The summed E-state index contributed by atoms with van der Waals surface area (Å²) in [5, 5.41) is 8.54. The Balaban J connectivity index is 2.33. The van der Waals surface area contributed by atoms with Crippen molar-refractivity contribution in [1.29, 1.82) is 5.26 Å².